The third-order valence-corrected chi connectivity index (χ3v) is 12.2. The van der Waals surface area contributed by atoms with Crippen LogP contribution < -0.4 is 0 Å². The summed E-state index contributed by atoms with van der Waals surface area (Å²) in [5.74, 6) is 0. The van der Waals surface area contributed by atoms with Crippen molar-refractivity contribution in [3.05, 3.63) is 36.5 Å². The maximum absolute atomic E-state index is 10.2. The van der Waals surface area contributed by atoms with Crippen molar-refractivity contribution in [1.82, 2.24) is 4.90 Å². The molecule has 0 aliphatic rings. The number of hydrogen-bond acceptors (Lipinski definition) is 4. The van der Waals surface area contributed by atoms with Crippen LogP contribution in [-0.4, -0.2) is 58.2 Å². The molecule has 58 heavy (non-hydrogen) atoms. The van der Waals surface area contributed by atoms with Crippen molar-refractivity contribution >= 4 is 0 Å². The van der Waals surface area contributed by atoms with Gasteiger partial charge < -0.3 is 20.2 Å². The molecular weight excluding hydrogens is 711 g/mol. The smallest absolute Gasteiger partial charge is 0.0574 e. The van der Waals surface area contributed by atoms with Crippen molar-refractivity contribution in [2.24, 2.45) is 0 Å². The summed E-state index contributed by atoms with van der Waals surface area (Å²) in [6.45, 7) is 10.6. The number of rotatable bonds is 48. The number of unbranched alkanes of at least 4 members (excludes halogenated alkanes) is 27. The topological polar surface area (TPSA) is 63.9 Å². The first kappa shape index (κ1) is 57.1. The highest BCUT2D eigenvalue weighted by atomic mass is 16.3. The fourth-order valence-corrected chi connectivity index (χ4v) is 8.14. The molecule has 3 N–H and O–H groups in total. The lowest BCUT2D eigenvalue weighted by Gasteiger charge is -2.22. The van der Waals surface area contributed by atoms with Crippen molar-refractivity contribution in [3.63, 3.8) is 0 Å². The van der Waals surface area contributed by atoms with E-state index in [1.807, 2.05) is 0 Å². The van der Waals surface area contributed by atoms with Gasteiger partial charge in [0.15, 0.2) is 0 Å². The van der Waals surface area contributed by atoms with Gasteiger partial charge in [0, 0.05) is 0 Å². The van der Waals surface area contributed by atoms with Crippen LogP contribution in [0.3, 0.4) is 0 Å². The summed E-state index contributed by atoms with van der Waals surface area (Å²) in [6.07, 6.45) is 61.2. The fourth-order valence-electron chi connectivity index (χ4n) is 8.14. The van der Waals surface area contributed by atoms with E-state index < -0.39 is 0 Å². The highest BCUT2D eigenvalue weighted by Crippen LogP contribution is 2.15. The van der Waals surface area contributed by atoms with Gasteiger partial charge in [0.2, 0.25) is 0 Å². The van der Waals surface area contributed by atoms with Crippen molar-refractivity contribution in [2.75, 3.05) is 19.6 Å². The second-order valence-corrected chi connectivity index (χ2v) is 18.2. The van der Waals surface area contributed by atoms with Gasteiger partial charge in [-0.05, 0) is 116 Å². The van der Waals surface area contributed by atoms with Crippen LogP contribution >= 0.6 is 0 Å². The van der Waals surface area contributed by atoms with E-state index in [9.17, 15) is 15.3 Å². The Hall–Kier alpha value is -0.940. The van der Waals surface area contributed by atoms with E-state index in [4.69, 9.17) is 0 Å². The molecule has 0 saturated heterocycles. The number of allylic oxidation sites excluding steroid dienone is 3. The molecule has 0 aliphatic carbocycles. The van der Waals surface area contributed by atoms with Gasteiger partial charge in [0.05, 0.1) is 18.3 Å². The lowest BCUT2D eigenvalue weighted by molar-refractivity contribution is 0.163. The lowest BCUT2D eigenvalue weighted by Crippen LogP contribution is -2.27. The van der Waals surface area contributed by atoms with Gasteiger partial charge in [0.1, 0.15) is 0 Å². The Morgan fingerprint density at radius 1 is 0.293 bits per heavy atom. The van der Waals surface area contributed by atoms with E-state index in [1.165, 1.54) is 232 Å². The first-order valence-electron chi connectivity index (χ1n) is 26.2. The minimum atomic E-state index is -0.146. The summed E-state index contributed by atoms with van der Waals surface area (Å²) in [6, 6.07) is 0. The molecular formula is C54H105NO3. The molecule has 4 heteroatoms. The van der Waals surface area contributed by atoms with Crippen molar-refractivity contribution in [1.29, 1.82) is 0 Å². The molecule has 0 bridgehead atoms. The Morgan fingerprint density at radius 2 is 0.534 bits per heavy atom. The van der Waals surface area contributed by atoms with Gasteiger partial charge in [-0.3, -0.25) is 0 Å². The molecule has 0 rings (SSSR count). The van der Waals surface area contributed by atoms with E-state index in [-0.39, 0.29) is 18.3 Å². The summed E-state index contributed by atoms with van der Waals surface area (Å²) in [7, 11) is 0. The Bertz CT molecular complexity index is 746. The average molecular weight is 816 g/mol. The number of aliphatic hydroxyl groups is 3. The van der Waals surface area contributed by atoms with Crippen molar-refractivity contribution < 1.29 is 15.3 Å². The van der Waals surface area contributed by atoms with Crippen LogP contribution in [-0.2, 0) is 0 Å². The fraction of sp³-hybridized carbons (Fsp3) is 0.889. The average Bonchev–Trinajstić information content (AvgIpc) is 3.22. The van der Waals surface area contributed by atoms with Gasteiger partial charge in [-0.2, -0.15) is 0 Å². The van der Waals surface area contributed by atoms with Crippen LogP contribution in [0.25, 0.3) is 0 Å². The number of hydrogen-bond donors (Lipinski definition) is 3. The van der Waals surface area contributed by atoms with E-state index >= 15 is 0 Å². The molecule has 0 spiro atoms. The molecule has 0 aromatic carbocycles. The zero-order chi connectivity index (χ0) is 42.3. The zero-order valence-corrected chi connectivity index (χ0v) is 39.7. The van der Waals surface area contributed by atoms with Crippen molar-refractivity contribution in [2.45, 2.75) is 289 Å². The molecule has 0 aromatic heterocycles. The quantitative estimate of drug-likeness (QED) is 0.0423. The molecule has 0 heterocycles. The summed E-state index contributed by atoms with van der Waals surface area (Å²) in [5.41, 5.74) is 0. The molecule has 0 radical (unpaired) electrons. The van der Waals surface area contributed by atoms with Gasteiger partial charge in [-0.15, -0.1) is 0 Å². The minimum Gasteiger partial charge on any atom is -0.393 e. The van der Waals surface area contributed by atoms with Gasteiger partial charge >= 0.3 is 0 Å². The molecule has 4 nitrogen and oxygen atoms in total. The first-order chi connectivity index (χ1) is 28.5. The largest absolute Gasteiger partial charge is 0.393 e. The van der Waals surface area contributed by atoms with Gasteiger partial charge in [-0.1, -0.05) is 211 Å². The second kappa shape index (κ2) is 48.7. The monoisotopic (exact) mass is 816 g/mol. The number of aliphatic hydroxyl groups excluding tert-OH is 3. The van der Waals surface area contributed by atoms with E-state index in [0.717, 1.165) is 38.5 Å². The maximum Gasteiger partial charge on any atom is 0.0574 e. The Balaban J connectivity index is 4.20. The minimum absolute atomic E-state index is 0.146. The molecule has 0 fully saturated rings. The predicted molar refractivity (Wildman–Crippen MR) is 259 cm³/mol. The zero-order valence-electron chi connectivity index (χ0n) is 39.7. The standard InChI is InChI=1S/C54H105NO3/c1-4-7-10-34-43-52(56)46-37-28-22-16-13-19-25-31-40-49-55(50-41-32-26-20-14-17-23-29-38-47-53(57)44-35-11-8-5-2)51-42-33-27-21-15-18-24-30-39-48-54(58)45-36-12-9-6-3/h28-30,37-39,52-54,56-58H,4-27,31-36,40-51H2,1-3H3/b37-28-,38-29-,39-30-/t52-,53-,54-/m1/s1. The highest BCUT2D eigenvalue weighted by molar-refractivity contribution is 4.85. The third-order valence-electron chi connectivity index (χ3n) is 12.2. The lowest BCUT2D eigenvalue weighted by atomic mass is 10.1. The first-order valence-corrected chi connectivity index (χ1v) is 26.2. The Kier molecular flexibility index (Phi) is 47.9. The normalized spacial score (nSPS) is 13.9. The van der Waals surface area contributed by atoms with Gasteiger partial charge in [-0.25, -0.2) is 0 Å². The molecule has 0 saturated carbocycles. The van der Waals surface area contributed by atoms with Crippen LogP contribution in [0.15, 0.2) is 36.5 Å². The molecule has 3 atom stereocenters. The van der Waals surface area contributed by atoms with Crippen molar-refractivity contribution in [3.8, 4) is 0 Å². The van der Waals surface area contributed by atoms with Gasteiger partial charge in [0.25, 0.3) is 0 Å². The summed E-state index contributed by atoms with van der Waals surface area (Å²) >= 11 is 0. The number of nitrogens with zero attached hydrogens (tertiary/aromatic N) is 1. The van der Waals surface area contributed by atoms with Crippen LogP contribution in [0.4, 0.5) is 0 Å². The molecule has 0 amide bonds. The molecule has 0 aliphatic heterocycles. The predicted octanol–water partition coefficient (Wildman–Crippen LogP) is 16.3. The molecule has 0 unspecified atom stereocenters. The van der Waals surface area contributed by atoms with E-state index in [0.29, 0.717) is 0 Å². The highest BCUT2D eigenvalue weighted by Gasteiger charge is 2.06. The maximum atomic E-state index is 10.2. The van der Waals surface area contributed by atoms with E-state index in [1.54, 1.807) is 0 Å². The van der Waals surface area contributed by atoms with Crippen LogP contribution in [0.1, 0.15) is 271 Å². The molecule has 344 valence electrons. The summed E-state index contributed by atoms with van der Waals surface area (Å²) < 4.78 is 0. The second-order valence-electron chi connectivity index (χ2n) is 18.2. The molecule has 0 aromatic rings. The Morgan fingerprint density at radius 3 is 0.810 bits per heavy atom. The SMILES string of the molecule is CCCCCC[C@@H](O)C/C=C\CCCCCCCCN(CCCCCCCC/C=C\C[C@H](O)CCCCCC)CCCCCCCC/C=C\C[C@H](O)CCCCCC. The van der Waals surface area contributed by atoms with E-state index in [2.05, 4.69) is 62.1 Å². The van der Waals surface area contributed by atoms with Crippen LogP contribution in [0.2, 0.25) is 0 Å². The summed E-state index contributed by atoms with van der Waals surface area (Å²) in [5, 5.41) is 30.5. The Labute approximate surface area is 364 Å². The van der Waals surface area contributed by atoms with Crippen LogP contribution in [0, 0.1) is 0 Å². The summed E-state index contributed by atoms with van der Waals surface area (Å²) in [4.78, 5) is 2.80. The van der Waals surface area contributed by atoms with Crippen LogP contribution in [0.5, 0.6) is 0 Å². The third kappa shape index (κ3) is 46.1.